The third-order valence-electron chi connectivity index (χ3n) is 4.59. The molecule has 0 bridgehead atoms. The minimum atomic E-state index is -4.34. The maximum absolute atomic E-state index is 13.3. The zero-order chi connectivity index (χ0) is 19.9. The molecule has 4 rings (SSSR count). The van der Waals surface area contributed by atoms with Crippen LogP contribution in [0, 0.1) is 6.92 Å². The fourth-order valence-corrected chi connectivity index (χ4v) is 3.37. The average Bonchev–Trinajstić information content (AvgIpc) is 3.25. The predicted octanol–water partition coefficient (Wildman–Crippen LogP) is 2.61. The Morgan fingerprint density at radius 3 is 2.82 bits per heavy atom. The van der Waals surface area contributed by atoms with Gasteiger partial charge in [-0.05, 0) is 44.0 Å². The van der Waals surface area contributed by atoms with Gasteiger partial charge in [0.1, 0.15) is 11.9 Å². The summed E-state index contributed by atoms with van der Waals surface area (Å²) in [5, 5.41) is 14.4. The van der Waals surface area contributed by atoms with E-state index in [1.54, 1.807) is 25.1 Å². The second-order valence-electron chi connectivity index (χ2n) is 6.46. The maximum Gasteiger partial charge on any atom is 0.408 e. The third kappa shape index (κ3) is 3.23. The fourth-order valence-electron chi connectivity index (χ4n) is 3.37. The first kappa shape index (κ1) is 18.1. The molecule has 28 heavy (non-hydrogen) atoms. The molecule has 1 aliphatic rings. The van der Waals surface area contributed by atoms with Crippen LogP contribution in [0.5, 0.6) is 0 Å². The van der Waals surface area contributed by atoms with Gasteiger partial charge in [0.05, 0.1) is 5.69 Å². The van der Waals surface area contributed by atoms with Crippen molar-refractivity contribution in [2.24, 2.45) is 0 Å². The number of carbonyl (C=O) groups is 1. The Balaban J connectivity index is 1.71. The van der Waals surface area contributed by atoms with Crippen LogP contribution in [0.25, 0.3) is 5.65 Å². The van der Waals surface area contributed by atoms with Crippen LogP contribution in [0.3, 0.4) is 0 Å². The summed E-state index contributed by atoms with van der Waals surface area (Å²) in [7, 11) is 0. The molecule has 0 aromatic carbocycles. The monoisotopic (exact) mass is 391 g/mol. The Labute approximate surface area is 157 Å². The number of carbonyl (C=O) groups excluding carboxylic acids is 1. The molecule has 1 saturated heterocycles. The van der Waals surface area contributed by atoms with Crippen LogP contribution < -0.4 is 10.2 Å². The zero-order valence-corrected chi connectivity index (χ0v) is 14.8. The number of rotatable bonds is 3. The molecule has 0 saturated carbocycles. The van der Waals surface area contributed by atoms with E-state index in [1.807, 2.05) is 0 Å². The van der Waals surface area contributed by atoms with E-state index >= 15 is 0 Å². The molecule has 1 N–H and O–H groups in total. The summed E-state index contributed by atoms with van der Waals surface area (Å²) in [6, 6.07) is 4.65. The summed E-state index contributed by atoms with van der Waals surface area (Å²) >= 11 is 0. The van der Waals surface area contributed by atoms with Crippen molar-refractivity contribution in [3.8, 4) is 0 Å². The Morgan fingerprint density at radius 1 is 1.29 bits per heavy atom. The second kappa shape index (κ2) is 6.73. The SMILES string of the molecule is Cc1nc2ccc(N3CCCC3C(F)(F)F)nn2c1C(=O)Nc1cccnn1. The van der Waals surface area contributed by atoms with E-state index in [2.05, 4.69) is 25.6 Å². The molecule has 0 spiro atoms. The van der Waals surface area contributed by atoms with Crippen molar-refractivity contribution in [2.45, 2.75) is 32.0 Å². The fraction of sp³-hybridized carbons (Fsp3) is 0.353. The Morgan fingerprint density at radius 2 is 2.11 bits per heavy atom. The van der Waals surface area contributed by atoms with Crippen molar-refractivity contribution < 1.29 is 18.0 Å². The number of fused-ring (bicyclic) bond motifs is 1. The zero-order valence-electron chi connectivity index (χ0n) is 14.8. The van der Waals surface area contributed by atoms with Crippen molar-refractivity contribution in [3.63, 3.8) is 0 Å². The second-order valence-corrected chi connectivity index (χ2v) is 6.46. The van der Waals surface area contributed by atoms with Gasteiger partial charge in [-0.1, -0.05) is 0 Å². The highest BCUT2D eigenvalue weighted by molar-refractivity contribution is 6.03. The molecule has 1 unspecified atom stereocenters. The van der Waals surface area contributed by atoms with Gasteiger partial charge in [0.25, 0.3) is 5.91 Å². The van der Waals surface area contributed by atoms with Crippen LogP contribution in [0.2, 0.25) is 0 Å². The maximum atomic E-state index is 13.3. The molecular weight excluding hydrogens is 375 g/mol. The number of aromatic nitrogens is 5. The average molecular weight is 391 g/mol. The first-order valence-corrected chi connectivity index (χ1v) is 8.63. The summed E-state index contributed by atoms with van der Waals surface area (Å²) in [6.07, 6.45) is -2.43. The van der Waals surface area contributed by atoms with Crippen molar-refractivity contribution in [3.05, 3.63) is 41.9 Å². The molecule has 8 nitrogen and oxygen atoms in total. The lowest BCUT2D eigenvalue weighted by atomic mass is 10.2. The highest BCUT2D eigenvalue weighted by atomic mass is 19.4. The molecule has 0 aliphatic carbocycles. The number of anilines is 2. The number of alkyl halides is 3. The third-order valence-corrected chi connectivity index (χ3v) is 4.59. The lowest BCUT2D eigenvalue weighted by Crippen LogP contribution is -2.41. The van der Waals surface area contributed by atoms with Crippen molar-refractivity contribution >= 4 is 23.2 Å². The summed E-state index contributed by atoms with van der Waals surface area (Å²) in [4.78, 5) is 18.2. The van der Waals surface area contributed by atoms with Gasteiger partial charge in [-0.25, -0.2) is 9.50 Å². The first-order valence-electron chi connectivity index (χ1n) is 8.63. The molecule has 3 aromatic rings. The molecular formula is C17H16F3N7O. The normalized spacial score (nSPS) is 17.3. The number of nitrogens with one attached hydrogen (secondary N) is 1. The Hall–Kier alpha value is -3.24. The summed E-state index contributed by atoms with van der Waals surface area (Å²) < 4.78 is 41.2. The first-order chi connectivity index (χ1) is 13.3. The van der Waals surface area contributed by atoms with Crippen LogP contribution in [0.4, 0.5) is 24.8 Å². The minimum absolute atomic E-state index is 0.0200. The standard InChI is InChI=1S/C17H16F3N7O/c1-10-15(16(28)23-12-5-2-8-21-24-12)27-13(22-10)6-7-14(25-27)26-9-3-4-11(26)17(18,19)20/h2,5-8,11H,3-4,9H2,1H3,(H,23,24,28). The van der Waals surface area contributed by atoms with Gasteiger partial charge in [0.15, 0.2) is 17.2 Å². The molecule has 1 atom stereocenters. The number of nitrogens with zero attached hydrogens (tertiary/aromatic N) is 6. The largest absolute Gasteiger partial charge is 0.408 e. The number of amides is 1. The summed E-state index contributed by atoms with van der Waals surface area (Å²) in [6.45, 7) is 1.88. The topological polar surface area (TPSA) is 88.3 Å². The lowest BCUT2D eigenvalue weighted by molar-refractivity contribution is -0.146. The van der Waals surface area contributed by atoms with E-state index in [4.69, 9.17) is 0 Å². The minimum Gasteiger partial charge on any atom is -0.343 e. The molecule has 3 aromatic heterocycles. The van der Waals surface area contributed by atoms with Crippen LogP contribution in [0.1, 0.15) is 29.0 Å². The number of halogens is 3. The van der Waals surface area contributed by atoms with E-state index in [0.717, 1.165) is 0 Å². The van der Waals surface area contributed by atoms with Crippen molar-refractivity contribution in [1.29, 1.82) is 0 Å². The van der Waals surface area contributed by atoms with E-state index < -0.39 is 18.1 Å². The highest BCUT2D eigenvalue weighted by Gasteiger charge is 2.46. The Bertz CT molecular complexity index is 1020. The molecule has 4 heterocycles. The Kier molecular flexibility index (Phi) is 4.36. The van der Waals surface area contributed by atoms with Gasteiger partial charge in [-0.15, -0.1) is 10.2 Å². The van der Waals surface area contributed by atoms with Gasteiger partial charge in [0, 0.05) is 12.7 Å². The van der Waals surface area contributed by atoms with Gasteiger partial charge >= 0.3 is 6.18 Å². The summed E-state index contributed by atoms with van der Waals surface area (Å²) in [5.41, 5.74) is 0.901. The highest BCUT2D eigenvalue weighted by Crippen LogP contribution is 2.35. The van der Waals surface area contributed by atoms with E-state index in [9.17, 15) is 18.0 Å². The molecule has 11 heteroatoms. The van der Waals surface area contributed by atoms with E-state index in [0.29, 0.717) is 17.8 Å². The van der Waals surface area contributed by atoms with Crippen LogP contribution in [0.15, 0.2) is 30.5 Å². The van der Waals surface area contributed by atoms with Gasteiger partial charge < -0.3 is 10.2 Å². The lowest BCUT2D eigenvalue weighted by Gasteiger charge is -2.27. The number of hydrogen-bond donors (Lipinski definition) is 1. The smallest absolute Gasteiger partial charge is 0.343 e. The number of imidazole rings is 1. The molecule has 1 fully saturated rings. The molecule has 0 radical (unpaired) electrons. The van der Waals surface area contributed by atoms with E-state index in [1.165, 1.54) is 21.7 Å². The van der Waals surface area contributed by atoms with Gasteiger partial charge in [-0.3, -0.25) is 4.79 Å². The van der Waals surface area contributed by atoms with E-state index in [-0.39, 0.29) is 30.3 Å². The van der Waals surface area contributed by atoms with Crippen molar-refractivity contribution in [2.75, 3.05) is 16.8 Å². The molecule has 1 aliphatic heterocycles. The van der Waals surface area contributed by atoms with Crippen LogP contribution in [-0.4, -0.2) is 49.5 Å². The predicted molar refractivity (Wildman–Crippen MR) is 94.1 cm³/mol. The van der Waals surface area contributed by atoms with Gasteiger partial charge in [-0.2, -0.15) is 18.3 Å². The summed E-state index contributed by atoms with van der Waals surface area (Å²) in [5.74, 6) is -0.128. The molecule has 1 amide bonds. The van der Waals surface area contributed by atoms with Crippen LogP contribution >= 0.6 is 0 Å². The number of aryl methyl sites for hydroxylation is 1. The quantitative estimate of drug-likeness (QED) is 0.738. The van der Waals surface area contributed by atoms with Crippen molar-refractivity contribution in [1.82, 2.24) is 24.8 Å². The van der Waals surface area contributed by atoms with Crippen LogP contribution in [-0.2, 0) is 0 Å². The number of hydrogen-bond acceptors (Lipinski definition) is 6. The van der Waals surface area contributed by atoms with Gasteiger partial charge in [0.2, 0.25) is 0 Å². The molecule has 146 valence electrons.